The number of esters is 1. The Morgan fingerprint density at radius 3 is 2.41 bits per heavy atom. The van der Waals surface area contributed by atoms with Crippen molar-refractivity contribution in [3.05, 3.63) is 72.4 Å². The van der Waals surface area contributed by atoms with Crippen LogP contribution in [0, 0.1) is 0 Å². The average Bonchev–Trinajstić information content (AvgIpc) is 3.17. The van der Waals surface area contributed by atoms with Gasteiger partial charge in [0.1, 0.15) is 17.3 Å². The molecule has 1 heterocycles. The number of hydrogen-bond donors (Lipinski definition) is 1. The highest BCUT2D eigenvalue weighted by atomic mass is 16.5. The number of hydrogen-bond acceptors (Lipinski definition) is 5. The topological polar surface area (TPSA) is 82.5 Å². The van der Waals surface area contributed by atoms with E-state index < -0.39 is 18.0 Å². The van der Waals surface area contributed by atoms with Gasteiger partial charge in [-0.15, -0.1) is 0 Å². The number of rotatable bonds is 7. The zero-order valence-electron chi connectivity index (χ0n) is 16.5. The molecule has 0 spiro atoms. The Morgan fingerprint density at radius 1 is 0.966 bits per heavy atom. The van der Waals surface area contributed by atoms with Crippen LogP contribution in [0.5, 0.6) is 11.5 Å². The molecule has 0 aliphatic carbocycles. The van der Waals surface area contributed by atoms with Crippen LogP contribution in [-0.2, 0) is 9.53 Å². The van der Waals surface area contributed by atoms with E-state index in [9.17, 15) is 9.59 Å². The molecule has 3 aromatic rings. The molecule has 2 aromatic carbocycles. The molecule has 0 radical (unpaired) electrons. The Morgan fingerprint density at radius 2 is 1.69 bits per heavy atom. The molecule has 0 saturated carbocycles. The lowest BCUT2D eigenvalue weighted by Gasteiger charge is -2.16. The fourth-order valence-corrected chi connectivity index (χ4v) is 2.65. The maximum Gasteiger partial charge on any atom is 0.339 e. The third-order valence-electron chi connectivity index (χ3n) is 4.11. The number of para-hydroxylation sites is 1. The lowest BCUT2D eigenvalue weighted by molar-refractivity contribution is -0.123. The number of benzene rings is 2. The second-order valence-electron chi connectivity index (χ2n) is 6.73. The summed E-state index contributed by atoms with van der Waals surface area (Å²) < 4.78 is 12.7. The largest absolute Gasteiger partial charge is 0.457 e. The second kappa shape index (κ2) is 9.05. The van der Waals surface area contributed by atoms with Crippen molar-refractivity contribution >= 4 is 17.7 Å². The normalized spacial score (nSPS) is 11.7. The molecule has 1 aromatic heterocycles. The van der Waals surface area contributed by atoms with Crippen molar-refractivity contribution in [3.63, 3.8) is 0 Å². The van der Waals surface area contributed by atoms with Gasteiger partial charge in [-0.2, -0.15) is 5.10 Å². The Labute approximate surface area is 169 Å². The molecule has 1 N–H and O–H groups in total. The van der Waals surface area contributed by atoms with Crippen molar-refractivity contribution in [1.82, 2.24) is 9.78 Å². The lowest BCUT2D eigenvalue weighted by Crippen LogP contribution is -2.31. The maximum absolute atomic E-state index is 12.5. The number of nitrogens with zero attached hydrogens (tertiary/aromatic N) is 2. The summed E-state index contributed by atoms with van der Waals surface area (Å²) in [6, 6.07) is 17.7. The van der Waals surface area contributed by atoms with Gasteiger partial charge in [0.15, 0.2) is 6.10 Å². The summed E-state index contributed by atoms with van der Waals surface area (Å²) in [5.41, 5.74) is 0.297. The molecule has 0 fully saturated rings. The predicted molar refractivity (Wildman–Crippen MR) is 109 cm³/mol. The van der Waals surface area contributed by atoms with Crippen LogP contribution in [-0.4, -0.2) is 27.8 Å². The summed E-state index contributed by atoms with van der Waals surface area (Å²) in [6.45, 7) is 5.43. The summed E-state index contributed by atoms with van der Waals surface area (Å²) in [6.07, 6.45) is 0.626. The number of carbonyl (C=O) groups is 2. The van der Waals surface area contributed by atoms with Crippen LogP contribution in [0.3, 0.4) is 0 Å². The van der Waals surface area contributed by atoms with Gasteiger partial charge in [-0.05, 0) is 51.1 Å². The highest BCUT2D eigenvalue weighted by Crippen LogP contribution is 2.22. The molecule has 0 bridgehead atoms. The van der Waals surface area contributed by atoms with Crippen LogP contribution in [0.15, 0.2) is 66.9 Å². The maximum atomic E-state index is 12.5. The quantitative estimate of drug-likeness (QED) is 0.600. The molecule has 29 heavy (non-hydrogen) atoms. The Bertz CT molecular complexity index is 982. The minimum absolute atomic E-state index is 0.0884. The van der Waals surface area contributed by atoms with E-state index in [0.29, 0.717) is 22.9 Å². The van der Waals surface area contributed by atoms with Crippen LogP contribution >= 0.6 is 0 Å². The Balaban J connectivity index is 1.62. The van der Waals surface area contributed by atoms with Gasteiger partial charge in [-0.25, -0.2) is 9.48 Å². The molecule has 150 valence electrons. The fraction of sp³-hybridized carbons (Fsp3) is 0.227. The number of nitrogens with one attached hydrogen (secondary N) is 1. The predicted octanol–water partition coefficient (Wildman–Crippen LogP) is 4.44. The zero-order valence-corrected chi connectivity index (χ0v) is 16.5. The molecular weight excluding hydrogens is 370 g/mol. The van der Waals surface area contributed by atoms with Crippen LogP contribution < -0.4 is 10.1 Å². The van der Waals surface area contributed by atoms with E-state index in [1.54, 1.807) is 41.2 Å². The zero-order chi connectivity index (χ0) is 20.8. The number of carbonyl (C=O) groups excluding carboxylic acids is 2. The van der Waals surface area contributed by atoms with E-state index in [1.165, 1.54) is 6.92 Å². The summed E-state index contributed by atoms with van der Waals surface area (Å²) in [5.74, 6) is 0.670. The van der Waals surface area contributed by atoms with E-state index in [1.807, 2.05) is 44.2 Å². The van der Waals surface area contributed by atoms with E-state index in [0.717, 1.165) is 0 Å². The van der Waals surface area contributed by atoms with E-state index in [-0.39, 0.29) is 6.04 Å². The number of amides is 1. The van der Waals surface area contributed by atoms with Gasteiger partial charge in [0.05, 0.1) is 11.8 Å². The van der Waals surface area contributed by atoms with E-state index >= 15 is 0 Å². The van der Waals surface area contributed by atoms with Crippen LogP contribution in [0.2, 0.25) is 0 Å². The Kier molecular flexibility index (Phi) is 6.29. The summed E-state index contributed by atoms with van der Waals surface area (Å²) in [5, 5.41) is 6.89. The van der Waals surface area contributed by atoms with E-state index in [4.69, 9.17) is 9.47 Å². The molecular formula is C22H23N3O4. The fourth-order valence-electron chi connectivity index (χ4n) is 2.65. The lowest BCUT2D eigenvalue weighted by atomic mass is 10.2. The van der Waals surface area contributed by atoms with Gasteiger partial charge in [-0.3, -0.25) is 4.79 Å². The summed E-state index contributed by atoms with van der Waals surface area (Å²) in [7, 11) is 0. The first-order valence-corrected chi connectivity index (χ1v) is 9.32. The number of aromatic nitrogens is 2. The molecule has 7 nitrogen and oxygen atoms in total. The highest BCUT2D eigenvalue weighted by molar-refractivity contribution is 5.97. The van der Waals surface area contributed by atoms with E-state index in [2.05, 4.69) is 10.4 Å². The van der Waals surface area contributed by atoms with Gasteiger partial charge >= 0.3 is 5.97 Å². The first-order chi connectivity index (χ1) is 13.9. The molecule has 0 unspecified atom stereocenters. The van der Waals surface area contributed by atoms with Crippen molar-refractivity contribution in [2.45, 2.75) is 32.9 Å². The monoisotopic (exact) mass is 393 g/mol. The third-order valence-corrected chi connectivity index (χ3v) is 4.11. The summed E-state index contributed by atoms with van der Waals surface area (Å²) >= 11 is 0. The van der Waals surface area contributed by atoms with Gasteiger partial charge in [0, 0.05) is 12.1 Å². The minimum Gasteiger partial charge on any atom is -0.457 e. The number of anilines is 1. The van der Waals surface area contributed by atoms with Crippen molar-refractivity contribution in [2.75, 3.05) is 5.32 Å². The molecule has 7 heteroatoms. The van der Waals surface area contributed by atoms with Crippen molar-refractivity contribution in [2.24, 2.45) is 0 Å². The van der Waals surface area contributed by atoms with Crippen LogP contribution in [0.1, 0.15) is 37.2 Å². The minimum atomic E-state index is -0.975. The summed E-state index contributed by atoms with van der Waals surface area (Å²) in [4.78, 5) is 24.9. The number of ether oxygens (including phenoxy) is 2. The van der Waals surface area contributed by atoms with Gasteiger partial charge in [0.2, 0.25) is 0 Å². The first kappa shape index (κ1) is 20.1. The SMILES string of the molecule is CC(C)n1nccc1NC(=O)[C@H](C)OC(=O)c1cccc(Oc2ccccc2)c1. The molecule has 1 atom stereocenters. The van der Waals surface area contributed by atoms with Gasteiger partial charge in [0.25, 0.3) is 5.91 Å². The standard InChI is InChI=1S/C22H23N3O4/c1-15(2)25-20(12-13-23-25)24-21(26)16(3)28-22(27)17-8-7-11-19(14-17)29-18-9-5-4-6-10-18/h4-16H,1-3H3,(H,24,26)/t16-/m0/s1. The molecule has 0 aliphatic heterocycles. The van der Waals surface area contributed by atoms with Crippen molar-refractivity contribution in [3.8, 4) is 11.5 Å². The van der Waals surface area contributed by atoms with Crippen LogP contribution in [0.25, 0.3) is 0 Å². The Hall–Kier alpha value is -3.61. The van der Waals surface area contributed by atoms with Crippen molar-refractivity contribution < 1.29 is 19.1 Å². The molecule has 0 aliphatic rings. The van der Waals surface area contributed by atoms with Crippen molar-refractivity contribution in [1.29, 1.82) is 0 Å². The second-order valence-corrected chi connectivity index (χ2v) is 6.73. The van der Waals surface area contributed by atoms with Crippen LogP contribution in [0.4, 0.5) is 5.82 Å². The highest BCUT2D eigenvalue weighted by Gasteiger charge is 2.21. The van der Waals surface area contributed by atoms with Gasteiger partial charge in [-0.1, -0.05) is 24.3 Å². The molecule has 1 amide bonds. The first-order valence-electron chi connectivity index (χ1n) is 9.32. The molecule has 0 saturated heterocycles. The molecule has 3 rings (SSSR count). The average molecular weight is 393 g/mol. The smallest absolute Gasteiger partial charge is 0.339 e. The van der Waals surface area contributed by atoms with Gasteiger partial charge < -0.3 is 14.8 Å². The third kappa shape index (κ3) is 5.22.